The van der Waals surface area contributed by atoms with Crippen LogP contribution in [0.1, 0.15) is 57.8 Å². The molecular weight excluding hydrogens is 276 g/mol. The summed E-state index contributed by atoms with van der Waals surface area (Å²) in [5, 5.41) is 0. The van der Waals surface area contributed by atoms with Crippen molar-refractivity contribution >= 4 is 5.91 Å². The number of carbonyl (C=O) groups excluding carboxylic acids is 1. The van der Waals surface area contributed by atoms with Crippen molar-refractivity contribution in [3.8, 4) is 0 Å². The van der Waals surface area contributed by atoms with E-state index in [2.05, 4.69) is 16.8 Å². The number of hydrogen-bond acceptors (Lipinski definition) is 3. The number of amides is 1. The van der Waals surface area contributed by atoms with Crippen molar-refractivity contribution in [3.05, 3.63) is 0 Å². The molecule has 2 saturated heterocycles. The number of nitrogens with zero attached hydrogens (tertiary/aromatic N) is 2. The highest BCUT2D eigenvalue weighted by molar-refractivity contribution is 5.79. The average Bonchev–Trinajstić information content (AvgIpc) is 2.86. The molecule has 0 aromatic carbocycles. The molecule has 0 aromatic heterocycles. The Labute approximate surface area is 135 Å². The number of hydrogen-bond donors (Lipinski definition) is 0. The number of methoxy groups -OCH3 is 1. The van der Waals surface area contributed by atoms with Crippen LogP contribution in [0.25, 0.3) is 0 Å². The van der Waals surface area contributed by atoms with E-state index in [-0.39, 0.29) is 0 Å². The average molecular weight is 308 g/mol. The Morgan fingerprint density at radius 1 is 1.09 bits per heavy atom. The summed E-state index contributed by atoms with van der Waals surface area (Å²) in [6, 6.07) is 0.561. The van der Waals surface area contributed by atoms with E-state index < -0.39 is 0 Å². The largest absolute Gasteiger partial charge is 0.383 e. The second-order valence-electron chi connectivity index (χ2n) is 7.64. The van der Waals surface area contributed by atoms with E-state index in [1.54, 1.807) is 7.11 Å². The molecule has 1 atom stereocenters. The van der Waals surface area contributed by atoms with E-state index in [4.69, 9.17) is 4.74 Å². The Kier molecular flexibility index (Phi) is 5.08. The van der Waals surface area contributed by atoms with Crippen LogP contribution in [-0.2, 0) is 9.53 Å². The molecule has 0 aromatic rings. The summed E-state index contributed by atoms with van der Waals surface area (Å²) in [6.07, 6.45) is 10.8. The van der Waals surface area contributed by atoms with Gasteiger partial charge >= 0.3 is 0 Å². The van der Waals surface area contributed by atoms with E-state index in [0.717, 1.165) is 45.4 Å². The monoisotopic (exact) mass is 308 g/mol. The Morgan fingerprint density at radius 2 is 1.77 bits per heavy atom. The van der Waals surface area contributed by atoms with Crippen LogP contribution in [-0.4, -0.2) is 61.1 Å². The minimum Gasteiger partial charge on any atom is -0.383 e. The van der Waals surface area contributed by atoms with Crippen LogP contribution >= 0.6 is 0 Å². The van der Waals surface area contributed by atoms with Gasteiger partial charge in [0.05, 0.1) is 6.61 Å². The van der Waals surface area contributed by atoms with Crippen molar-refractivity contribution < 1.29 is 9.53 Å². The lowest BCUT2D eigenvalue weighted by atomic mass is 9.83. The molecule has 1 aliphatic carbocycles. The Morgan fingerprint density at radius 3 is 2.41 bits per heavy atom. The van der Waals surface area contributed by atoms with Crippen LogP contribution < -0.4 is 0 Å². The molecule has 1 saturated carbocycles. The lowest BCUT2D eigenvalue weighted by molar-refractivity contribution is -0.139. The van der Waals surface area contributed by atoms with E-state index in [1.807, 2.05) is 0 Å². The molecule has 22 heavy (non-hydrogen) atoms. The molecule has 126 valence electrons. The molecule has 1 unspecified atom stereocenters. The number of carbonyl (C=O) groups is 1. The topological polar surface area (TPSA) is 32.8 Å². The highest BCUT2D eigenvalue weighted by Crippen LogP contribution is 2.41. The van der Waals surface area contributed by atoms with Crippen LogP contribution in [0.3, 0.4) is 0 Å². The molecule has 0 radical (unpaired) electrons. The van der Waals surface area contributed by atoms with Crippen LogP contribution in [0, 0.1) is 5.92 Å². The first-order valence-electron chi connectivity index (χ1n) is 9.17. The summed E-state index contributed by atoms with van der Waals surface area (Å²) >= 11 is 0. The van der Waals surface area contributed by atoms with Crippen molar-refractivity contribution in [1.29, 1.82) is 0 Å². The predicted octanol–water partition coefficient (Wildman–Crippen LogP) is 2.67. The number of rotatable bonds is 3. The summed E-state index contributed by atoms with van der Waals surface area (Å²) in [7, 11) is 4.06. The van der Waals surface area contributed by atoms with Gasteiger partial charge in [0.2, 0.25) is 5.91 Å². The first kappa shape index (κ1) is 16.3. The maximum absolute atomic E-state index is 12.7. The zero-order valence-corrected chi connectivity index (χ0v) is 14.4. The fraction of sp³-hybridized carbons (Fsp3) is 0.944. The van der Waals surface area contributed by atoms with Gasteiger partial charge in [-0.05, 0) is 45.6 Å². The Bertz CT molecular complexity index is 385. The van der Waals surface area contributed by atoms with Gasteiger partial charge in [0, 0.05) is 37.7 Å². The van der Waals surface area contributed by atoms with Crippen LogP contribution in [0.15, 0.2) is 0 Å². The molecule has 3 rings (SSSR count). The number of likely N-dealkylation sites (N-methyl/N-ethyl adjacent to an activating group) is 1. The van der Waals surface area contributed by atoms with Gasteiger partial charge in [-0.25, -0.2) is 0 Å². The fourth-order valence-electron chi connectivity index (χ4n) is 4.93. The highest BCUT2D eigenvalue weighted by atomic mass is 16.5. The molecule has 2 aliphatic heterocycles. The summed E-state index contributed by atoms with van der Waals surface area (Å²) in [5.74, 6) is 0.772. The van der Waals surface area contributed by atoms with Crippen LogP contribution in [0.4, 0.5) is 0 Å². The quantitative estimate of drug-likeness (QED) is 0.803. The summed E-state index contributed by atoms with van der Waals surface area (Å²) < 4.78 is 5.36. The van der Waals surface area contributed by atoms with Gasteiger partial charge in [0.25, 0.3) is 0 Å². The SMILES string of the molecule is COCC1CCC2(CCN(C(=O)C3CCCCC3)CC2)N1C. The second-order valence-corrected chi connectivity index (χ2v) is 7.64. The van der Waals surface area contributed by atoms with E-state index >= 15 is 0 Å². The molecular formula is C18H32N2O2. The van der Waals surface area contributed by atoms with Gasteiger partial charge in [0.1, 0.15) is 0 Å². The molecule has 1 spiro atoms. The smallest absolute Gasteiger partial charge is 0.225 e. The third-order valence-electron chi connectivity index (χ3n) is 6.56. The van der Waals surface area contributed by atoms with E-state index in [9.17, 15) is 4.79 Å². The van der Waals surface area contributed by atoms with Crippen molar-refractivity contribution in [2.45, 2.75) is 69.4 Å². The number of piperidine rings is 1. The van der Waals surface area contributed by atoms with E-state index in [1.165, 1.54) is 32.1 Å². The lowest BCUT2D eigenvalue weighted by Crippen LogP contribution is -2.54. The molecule has 1 amide bonds. The molecule has 4 nitrogen and oxygen atoms in total. The van der Waals surface area contributed by atoms with Crippen molar-refractivity contribution in [2.24, 2.45) is 5.92 Å². The zero-order valence-electron chi connectivity index (χ0n) is 14.4. The van der Waals surface area contributed by atoms with Gasteiger partial charge in [0.15, 0.2) is 0 Å². The lowest BCUT2D eigenvalue weighted by Gasteiger charge is -2.45. The molecule has 0 N–H and O–H groups in total. The molecule has 3 fully saturated rings. The van der Waals surface area contributed by atoms with Crippen LogP contribution in [0.2, 0.25) is 0 Å². The number of likely N-dealkylation sites (tertiary alicyclic amines) is 2. The minimum atomic E-state index is 0.324. The van der Waals surface area contributed by atoms with Crippen molar-refractivity contribution in [1.82, 2.24) is 9.80 Å². The first-order chi connectivity index (χ1) is 10.7. The maximum Gasteiger partial charge on any atom is 0.225 e. The summed E-state index contributed by atoms with van der Waals surface area (Å²) in [6.45, 7) is 2.75. The van der Waals surface area contributed by atoms with Gasteiger partial charge in [-0.2, -0.15) is 0 Å². The summed E-state index contributed by atoms with van der Waals surface area (Å²) in [5.41, 5.74) is 0.326. The van der Waals surface area contributed by atoms with E-state index in [0.29, 0.717) is 23.4 Å². The van der Waals surface area contributed by atoms with Gasteiger partial charge < -0.3 is 9.64 Å². The molecule has 4 heteroatoms. The summed E-state index contributed by atoms with van der Waals surface area (Å²) in [4.78, 5) is 17.4. The molecule has 2 heterocycles. The Hall–Kier alpha value is -0.610. The minimum absolute atomic E-state index is 0.324. The molecule has 3 aliphatic rings. The molecule has 0 bridgehead atoms. The van der Waals surface area contributed by atoms with Gasteiger partial charge in [-0.3, -0.25) is 9.69 Å². The first-order valence-corrected chi connectivity index (χ1v) is 9.17. The normalized spacial score (nSPS) is 30.1. The van der Waals surface area contributed by atoms with Gasteiger partial charge in [-0.1, -0.05) is 19.3 Å². The van der Waals surface area contributed by atoms with Crippen LogP contribution in [0.5, 0.6) is 0 Å². The highest BCUT2D eigenvalue weighted by Gasteiger charge is 2.46. The standard InChI is InChI=1S/C18H32N2O2/c1-19-16(14-22-2)8-9-18(19)10-12-20(13-11-18)17(21)15-6-4-3-5-7-15/h15-16H,3-14H2,1-2H3. The fourth-order valence-corrected chi connectivity index (χ4v) is 4.93. The third-order valence-corrected chi connectivity index (χ3v) is 6.56. The van der Waals surface area contributed by atoms with Crippen molar-refractivity contribution in [2.75, 3.05) is 33.9 Å². The van der Waals surface area contributed by atoms with Gasteiger partial charge in [-0.15, -0.1) is 0 Å². The Balaban J connectivity index is 1.55. The second kappa shape index (κ2) is 6.88. The maximum atomic E-state index is 12.7. The number of ether oxygens (including phenoxy) is 1. The predicted molar refractivity (Wildman–Crippen MR) is 87.8 cm³/mol. The van der Waals surface area contributed by atoms with Crippen molar-refractivity contribution in [3.63, 3.8) is 0 Å². The zero-order chi connectivity index (χ0) is 15.6. The third kappa shape index (κ3) is 3.05.